The predicted molar refractivity (Wildman–Crippen MR) is 66.3 cm³/mol. The molecule has 0 saturated carbocycles. The number of carboxylic acids is 1. The number of rotatable bonds is 8. The number of aromatic carboxylic acids is 1. The quantitative estimate of drug-likeness (QED) is 0.648. The number of hydrogen-bond donors (Lipinski definition) is 3. The Hall–Kier alpha value is -1.38. The van der Waals surface area contributed by atoms with Crippen molar-refractivity contribution in [3.63, 3.8) is 0 Å². The topological polar surface area (TPSA) is 117 Å². The van der Waals surface area contributed by atoms with Gasteiger partial charge in [-0.15, -0.1) is 0 Å². The van der Waals surface area contributed by atoms with Crippen LogP contribution in [0.15, 0.2) is 21.6 Å². The Morgan fingerprint density at radius 3 is 2.63 bits per heavy atom. The SMILES string of the molecule is CCC(CCO)CNS(=O)(=O)c1ccc(C(=O)O)o1. The molecule has 1 heterocycles. The number of aliphatic hydroxyl groups excluding tert-OH is 1. The van der Waals surface area contributed by atoms with E-state index in [1.807, 2.05) is 6.92 Å². The summed E-state index contributed by atoms with van der Waals surface area (Å²) in [6.45, 7) is 2.05. The number of hydrogen-bond acceptors (Lipinski definition) is 5. The van der Waals surface area contributed by atoms with Crippen molar-refractivity contribution in [1.29, 1.82) is 0 Å². The molecule has 1 aromatic rings. The molecule has 0 spiro atoms. The average Bonchev–Trinajstić information content (AvgIpc) is 2.85. The first-order valence-corrected chi connectivity index (χ1v) is 7.32. The second-order valence-corrected chi connectivity index (χ2v) is 5.76. The van der Waals surface area contributed by atoms with Crippen LogP contribution in [0.4, 0.5) is 0 Å². The minimum absolute atomic E-state index is 0.00977. The average molecular weight is 291 g/mol. The molecule has 0 aromatic carbocycles. The molecule has 3 N–H and O–H groups in total. The number of nitrogens with one attached hydrogen (secondary N) is 1. The molecule has 1 rings (SSSR count). The van der Waals surface area contributed by atoms with Crippen LogP contribution in [0, 0.1) is 5.92 Å². The summed E-state index contributed by atoms with van der Waals surface area (Å²) in [5.41, 5.74) is 0. The Balaban J connectivity index is 2.72. The van der Waals surface area contributed by atoms with Gasteiger partial charge in [-0.25, -0.2) is 17.9 Å². The minimum Gasteiger partial charge on any atom is -0.475 e. The molecule has 1 atom stereocenters. The largest absolute Gasteiger partial charge is 0.475 e. The van der Waals surface area contributed by atoms with Crippen LogP contribution in [0.3, 0.4) is 0 Å². The van der Waals surface area contributed by atoms with Crippen molar-refractivity contribution in [2.24, 2.45) is 5.92 Å². The van der Waals surface area contributed by atoms with E-state index in [0.717, 1.165) is 18.6 Å². The molecule has 0 amide bonds. The van der Waals surface area contributed by atoms with Crippen LogP contribution in [0.5, 0.6) is 0 Å². The molecule has 0 saturated heterocycles. The maximum absolute atomic E-state index is 11.8. The van der Waals surface area contributed by atoms with E-state index in [-0.39, 0.29) is 19.1 Å². The van der Waals surface area contributed by atoms with Gasteiger partial charge in [-0.2, -0.15) is 0 Å². The summed E-state index contributed by atoms with van der Waals surface area (Å²) in [6.07, 6.45) is 1.22. The molecule has 0 bridgehead atoms. The van der Waals surface area contributed by atoms with Gasteiger partial charge in [-0.05, 0) is 24.5 Å². The van der Waals surface area contributed by atoms with Crippen molar-refractivity contribution in [1.82, 2.24) is 4.72 Å². The molecular formula is C11H17NO6S. The number of carboxylic acid groups (broad SMARTS) is 1. The van der Waals surface area contributed by atoms with Gasteiger partial charge in [0.05, 0.1) is 0 Å². The minimum atomic E-state index is -3.86. The number of sulfonamides is 1. The van der Waals surface area contributed by atoms with Crippen molar-refractivity contribution >= 4 is 16.0 Å². The monoisotopic (exact) mass is 291 g/mol. The van der Waals surface area contributed by atoms with E-state index in [9.17, 15) is 13.2 Å². The van der Waals surface area contributed by atoms with Gasteiger partial charge in [0, 0.05) is 13.2 Å². The summed E-state index contributed by atoms with van der Waals surface area (Å²) in [4.78, 5) is 10.6. The van der Waals surface area contributed by atoms with E-state index in [1.165, 1.54) is 0 Å². The van der Waals surface area contributed by atoms with Gasteiger partial charge in [-0.3, -0.25) is 0 Å². The molecular weight excluding hydrogens is 274 g/mol. The van der Waals surface area contributed by atoms with Crippen molar-refractivity contribution in [3.05, 3.63) is 17.9 Å². The molecule has 0 aliphatic heterocycles. The zero-order valence-corrected chi connectivity index (χ0v) is 11.3. The van der Waals surface area contributed by atoms with Gasteiger partial charge in [0.1, 0.15) is 0 Å². The highest BCUT2D eigenvalue weighted by Gasteiger charge is 2.21. The van der Waals surface area contributed by atoms with Crippen molar-refractivity contribution in [2.45, 2.75) is 24.9 Å². The van der Waals surface area contributed by atoms with Crippen LogP contribution in [0.25, 0.3) is 0 Å². The van der Waals surface area contributed by atoms with E-state index < -0.39 is 26.8 Å². The molecule has 1 aromatic heterocycles. The molecule has 0 aliphatic carbocycles. The first-order chi connectivity index (χ1) is 8.90. The zero-order chi connectivity index (χ0) is 14.5. The summed E-state index contributed by atoms with van der Waals surface area (Å²) < 4.78 is 30.7. The predicted octanol–water partition coefficient (Wildman–Crippen LogP) is 0.665. The Morgan fingerprint density at radius 2 is 2.16 bits per heavy atom. The second-order valence-electron chi connectivity index (χ2n) is 4.06. The fraction of sp³-hybridized carbons (Fsp3) is 0.545. The molecule has 8 heteroatoms. The van der Waals surface area contributed by atoms with Crippen molar-refractivity contribution in [2.75, 3.05) is 13.2 Å². The van der Waals surface area contributed by atoms with Crippen LogP contribution in [-0.2, 0) is 10.0 Å². The number of furan rings is 1. The zero-order valence-electron chi connectivity index (χ0n) is 10.5. The Kier molecular flexibility index (Phi) is 5.52. The standard InChI is InChI=1S/C11H17NO6S/c1-2-8(5-6-13)7-12-19(16,17)10-4-3-9(18-10)11(14)15/h3-4,8,12-13H,2,5-7H2,1H3,(H,14,15). The van der Waals surface area contributed by atoms with E-state index in [0.29, 0.717) is 6.42 Å². The maximum Gasteiger partial charge on any atom is 0.371 e. The molecule has 1 unspecified atom stereocenters. The van der Waals surface area contributed by atoms with Crippen LogP contribution in [0.1, 0.15) is 30.3 Å². The van der Waals surface area contributed by atoms with Crippen LogP contribution >= 0.6 is 0 Å². The third kappa shape index (κ3) is 4.34. The van der Waals surface area contributed by atoms with Gasteiger partial charge >= 0.3 is 5.97 Å². The smallest absolute Gasteiger partial charge is 0.371 e. The summed E-state index contributed by atoms with van der Waals surface area (Å²) >= 11 is 0. The normalized spacial score (nSPS) is 13.4. The van der Waals surface area contributed by atoms with Gasteiger partial charge in [0.25, 0.3) is 10.0 Å². The lowest BCUT2D eigenvalue weighted by Crippen LogP contribution is -2.29. The van der Waals surface area contributed by atoms with Gasteiger partial charge in [0.15, 0.2) is 0 Å². The fourth-order valence-electron chi connectivity index (χ4n) is 1.51. The lowest BCUT2D eigenvalue weighted by atomic mass is 10.0. The van der Waals surface area contributed by atoms with Crippen LogP contribution in [0.2, 0.25) is 0 Å². The highest BCUT2D eigenvalue weighted by Crippen LogP contribution is 2.15. The Labute approximate surface area is 111 Å². The van der Waals surface area contributed by atoms with Gasteiger partial charge in [-0.1, -0.05) is 13.3 Å². The highest BCUT2D eigenvalue weighted by molar-refractivity contribution is 7.89. The summed E-state index contributed by atoms with van der Waals surface area (Å²) in [7, 11) is -3.86. The fourth-order valence-corrected chi connectivity index (χ4v) is 2.56. The Morgan fingerprint density at radius 1 is 1.47 bits per heavy atom. The summed E-state index contributed by atoms with van der Waals surface area (Å²) in [6, 6.07) is 2.18. The lowest BCUT2D eigenvalue weighted by Gasteiger charge is -2.13. The van der Waals surface area contributed by atoms with Crippen LogP contribution < -0.4 is 4.72 Å². The molecule has 0 fully saturated rings. The number of aliphatic hydroxyl groups is 1. The van der Waals surface area contributed by atoms with E-state index in [1.54, 1.807) is 0 Å². The molecule has 19 heavy (non-hydrogen) atoms. The first kappa shape index (κ1) is 15.7. The Bertz CT molecular complexity index is 521. The molecule has 0 aliphatic rings. The third-order valence-corrected chi connectivity index (χ3v) is 4.03. The van der Waals surface area contributed by atoms with Crippen LogP contribution in [-0.4, -0.2) is 37.8 Å². The van der Waals surface area contributed by atoms with E-state index in [2.05, 4.69) is 4.72 Å². The lowest BCUT2D eigenvalue weighted by molar-refractivity contribution is 0.0656. The van der Waals surface area contributed by atoms with E-state index >= 15 is 0 Å². The first-order valence-electron chi connectivity index (χ1n) is 5.84. The van der Waals surface area contributed by atoms with Crippen molar-refractivity contribution < 1.29 is 27.8 Å². The molecule has 0 radical (unpaired) electrons. The summed E-state index contributed by atoms with van der Waals surface area (Å²) in [5, 5.41) is 17.0. The van der Waals surface area contributed by atoms with E-state index in [4.69, 9.17) is 14.6 Å². The summed E-state index contributed by atoms with van der Waals surface area (Å²) in [5.74, 6) is -1.73. The van der Waals surface area contributed by atoms with Gasteiger partial charge in [0.2, 0.25) is 10.9 Å². The second kappa shape index (κ2) is 6.69. The maximum atomic E-state index is 11.8. The third-order valence-electron chi connectivity index (χ3n) is 2.73. The van der Waals surface area contributed by atoms with Crippen molar-refractivity contribution in [3.8, 4) is 0 Å². The highest BCUT2D eigenvalue weighted by atomic mass is 32.2. The molecule has 7 nitrogen and oxygen atoms in total. The van der Waals surface area contributed by atoms with Gasteiger partial charge < -0.3 is 14.6 Å². The molecule has 108 valence electrons. The number of carbonyl (C=O) groups is 1.